The van der Waals surface area contributed by atoms with E-state index in [0.29, 0.717) is 0 Å². The number of carboxylic acid groups (broad SMARTS) is 1. The second-order valence-corrected chi connectivity index (χ2v) is 5.29. The van der Waals surface area contributed by atoms with Crippen molar-refractivity contribution in [3.8, 4) is 0 Å². The SMILES string of the molecule is COCC(Nc1ccccc1C(C)(C)C)C(=O)O. The number of hydrogen-bond donors (Lipinski definition) is 2. The fourth-order valence-electron chi connectivity index (χ4n) is 1.79. The molecule has 0 radical (unpaired) electrons. The summed E-state index contributed by atoms with van der Waals surface area (Å²) < 4.78 is 4.92. The summed E-state index contributed by atoms with van der Waals surface area (Å²) in [5.74, 6) is -0.916. The molecule has 0 aliphatic heterocycles. The largest absolute Gasteiger partial charge is 0.480 e. The molecule has 1 rings (SSSR count). The van der Waals surface area contributed by atoms with E-state index in [9.17, 15) is 4.79 Å². The molecule has 0 aliphatic carbocycles. The summed E-state index contributed by atoms with van der Waals surface area (Å²) in [7, 11) is 1.49. The van der Waals surface area contributed by atoms with Gasteiger partial charge in [0.25, 0.3) is 0 Å². The molecule has 4 nitrogen and oxygen atoms in total. The molecule has 0 heterocycles. The zero-order valence-corrected chi connectivity index (χ0v) is 11.4. The standard InChI is InChI=1S/C14H21NO3/c1-14(2,3)10-7-5-6-8-11(10)15-12(9-18-4)13(16)17/h5-8,12,15H,9H2,1-4H3,(H,16,17). The Morgan fingerprint density at radius 2 is 2.00 bits per heavy atom. The Labute approximate surface area is 108 Å². The second-order valence-electron chi connectivity index (χ2n) is 5.29. The van der Waals surface area contributed by atoms with Gasteiger partial charge < -0.3 is 15.2 Å². The van der Waals surface area contributed by atoms with E-state index in [1.54, 1.807) is 0 Å². The van der Waals surface area contributed by atoms with Gasteiger partial charge in [0.2, 0.25) is 0 Å². The molecule has 100 valence electrons. The number of carbonyl (C=O) groups is 1. The third-order valence-corrected chi connectivity index (χ3v) is 2.70. The van der Waals surface area contributed by atoms with Gasteiger partial charge in [-0.2, -0.15) is 0 Å². The maximum atomic E-state index is 11.1. The van der Waals surface area contributed by atoms with Gasteiger partial charge in [-0.25, -0.2) is 4.79 Å². The molecule has 0 amide bonds. The van der Waals surface area contributed by atoms with E-state index in [0.717, 1.165) is 11.3 Å². The highest BCUT2D eigenvalue weighted by Crippen LogP contribution is 2.29. The molecule has 0 spiro atoms. The first-order valence-electron chi connectivity index (χ1n) is 5.94. The van der Waals surface area contributed by atoms with Crippen LogP contribution in [0.5, 0.6) is 0 Å². The zero-order valence-electron chi connectivity index (χ0n) is 11.4. The lowest BCUT2D eigenvalue weighted by molar-refractivity contribution is -0.139. The molecule has 18 heavy (non-hydrogen) atoms. The average molecular weight is 251 g/mol. The number of nitrogens with one attached hydrogen (secondary N) is 1. The number of rotatable bonds is 5. The monoisotopic (exact) mass is 251 g/mol. The van der Waals surface area contributed by atoms with Crippen molar-refractivity contribution in [1.29, 1.82) is 0 Å². The Hall–Kier alpha value is -1.55. The summed E-state index contributed by atoms with van der Waals surface area (Å²) in [6.45, 7) is 6.42. The molecule has 4 heteroatoms. The van der Waals surface area contributed by atoms with Gasteiger partial charge in [0.1, 0.15) is 6.04 Å². The van der Waals surface area contributed by atoms with Crippen LogP contribution in [0.15, 0.2) is 24.3 Å². The van der Waals surface area contributed by atoms with Crippen molar-refractivity contribution < 1.29 is 14.6 Å². The van der Waals surface area contributed by atoms with Gasteiger partial charge in [0, 0.05) is 12.8 Å². The average Bonchev–Trinajstić information content (AvgIpc) is 2.27. The van der Waals surface area contributed by atoms with Crippen LogP contribution in [0.1, 0.15) is 26.3 Å². The molecule has 2 N–H and O–H groups in total. The molecule has 1 aromatic rings. The third-order valence-electron chi connectivity index (χ3n) is 2.70. The number of carboxylic acids is 1. The minimum Gasteiger partial charge on any atom is -0.480 e. The van der Waals surface area contributed by atoms with E-state index in [1.807, 2.05) is 24.3 Å². The number of aliphatic carboxylic acids is 1. The van der Waals surface area contributed by atoms with Crippen LogP contribution in [-0.4, -0.2) is 30.8 Å². The summed E-state index contributed by atoms with van der Waals surface area (Å²) in [5, 5.41) is 12.1. The summed E-state index contributed by atoms with van der Waals surface area (Å²) in [4.78, 5) is 11.1. The smallest absolute Gasteiger partial charge is 0.328 e. The second kappa shape index (κ2) is 5.87. The fraction of sp³-hybridized carbons (Fsp3) is 0.500. The van der Waals surface area contributed by atoms with Crippen LogP contribution in [0, 0.1) is 0 Å². The lowest BCUT2D eigenvalue weighted by atomic mass is 9.85. The minimum atomic E-state index is -0.916. The number of hydrogen-bond acceptors (Lipinski definition) is 3. The first kappa shape index (κ1) is 14.5. The highest BCUT2D eigenvalue weighted by atomic mass is 16.5. The highest BCUT2D eigenvalue weighted by Gasteiger charge is 2.22. The van der Waals surface area contributed by atoms with E-state index >= 15 is 0 Å². The maximum Gasteiger partial charge on any atom is 0.328 e. The molecule has 0 aliphatic rings. The molecule has 0 fully saturated rings. The van der Waals surface area contributed by atoms with Crippen LogP contribution in [0.2, 0.25) is 0 Å². The Morgan fingerprint density at radius 3 is 2.50 bits per heavy atom. The summed E-state index contributed by atoms with van der Waals surface area (Å²) in [6, 6.07) is 7.01. The molecule has 0 bridgehead atoms. The Balaban J connectivity index is 2.99. The molecular weight excluding hydrogens is 230 g/mol. The molecular formula is C14H21NO3. The number of benzene rings is 1. The summed E-state index contributed by atoms with van der Waals surface area (Å²) in [6.07, 6.45) is 0. The fourth-order valence-corrected chi connectivity index (χ4v) is 1.79. The van der Waals surface area contributed by atoms with Gasteiger partial charge in [-0.3, -0.25) is 0 Å². The van der Waals surface area contributed by atoms with Gasteiger partial charge in [-0.15, -0.1) is 0 Å². The van der Waals surface area contributed by atoms with Crippen LogP contribution >= 0.6 is 0 Å². The lowest BCUT2D eigenvalue weighted by Gasteiger charge is -2.25. The van der Waals surface area contributed by atoms with E-state index < -0.39 is 12.0 Å². The van der Waals surface area contributed by atoms with Crippen LogP contribution in [0.3, 0.4) is 0 Å². The molecule has 1 aromatic carbocycles. The van der Waals surface area contributed by atoms with Crippen LogP contribution in [0.25, 0.3) is 0 Å². The maximum absolute atomic E-state index is 11.1. The van der Waals surface area contributed by atoms with Crippen molar-refractivity contribution in [2.24, 2.45) is 0 Å². The Bertz CT molecular complexity index is 410. The predicted octanol–water partition coefficient (Wildman–Crippen LogP) is 2.50. The molecule has 1 atom stereocenters. The first-order valence-corrected chi connectivity index (χ1v) is 5.94. The quantitative estimate of drug-likeness (QED) is 0.844. The van der Waals surface area contributed by atoms with Gasteiger partial charge in [0.05, 0.1) is 6.61 Å². The van der Waals surface area contributed by atoms with E-state index in [1.165, 1.54) is 7.11 Å². The van der Waals surface area contributed by atoms with Gasteiger partial charge in [0.15, 0.2) is 0 Å². The lowest BCUT2D eigenvalue weighted by Crippen LogP contribution is -2.34. The Kier molecular flexibility index (Phi) is 4.73. The number of ether oxygens (including phenoxy) is 1. The summed E-state index contributed by atoms with van der Waals surface area (Å²) in [5.41, 5.74) is 1.89. The van der Waals surface area contributed by atoms with E-state index in [-0.39, 0.29) is 12.0 Å². The van der Waals surface area contributed by atoms with Gasteiger partial charge >= 0.3 is 5.97 Å². The molecule has 0 saturated carbocycles. The number of methoxy groups -OCH3 is 1. The van der Waals surface area contributed by atoms with Crippen molar-refractivity contribution in [1.82, 2.24) is 0 Å². The summed E-state index contributed by atoms with van der Waals surface area (Å²) >= 11 is 0. The molecule has 0 aromatic heterocycles. The van der Waals surface area contributed by atoms with Crippen LogP contribution in [-0.2, 0) is 14.9 Å². The zero-order chi connectivity index (χ0) is 13.8. The normalized spacial score (nSPS) is 13.1. The number of anilines is 1. The first-order chi connectivity index (χ1) is 8.36. The highest BCUT2D eigenvalue weighted by molar-refractivity contribution is 5.78. The predicted molar refractivity (Wildman–Crippen MR) is 72.1 cm³/mol. The van der Waals surface area contributed by atoms with Crippen molar-refractivity contribution in [2.45, 2.75) is 32.2 Å². The van der Waals surface area contributed by atoms with Crippen LogP contribution in [0.4, 0.5) is 5.69 Å². The third kappa shape index (κ3) is 3.74. The topological polar surface area (TPSA) is 58.6 Å². The minimum absolute atomic E-state index is 0.0419. The van der Waals surface area contributed by atoms with E-state index in [2.05, 4.69) is 26.1 Å². The number of para-hydroxylation sites is 1. The van der Waals surface area contributed by atoms with Crippen molar-refractivity contribution >= 4 is 11.7 Å². The van der Waals surface area contributed by atoms with Gasteiger partial charge in [-0.1, -0.05) is 39.0 Å². The van der Waals surface area contributed by atoms with Crippen LogP contribution < -0.4 is 5.32 Å². The Morgan fingerprint density at radius 1 is 1.39 bits per heavy atom. The molecule has 1 unspecified atom stereocenters. The van der Waals surface area contributed by atoms with Crippen molar-refractivity contribution in [3.63, 3.8) is 0 Å². The van der Waals surface area contributed by atoms with Crippen molar-refractivity contribution in [2.75, 3.05) is 19.0 Å². The van der Waals surface area contributed by atoms with Gasteiger partial charge in [-0.05, 0) is 17.0 Å². The van der Waals surface area contributed by atoms with Crippen molar-refractivity contribution in [3.05, 3.63) is 29.8 Å². The molecule has 0 saturated heterocycles. The van der Waals surface area contributed by atoms with E-state index in [4.69, 9.17) is 9.84 Å².